The van der Waals surface area contributed by atoms with Gasteiger partial charge in [-0.05, 0) is 43.0 Å². The summed E-state index contributed by atoms with van der Waals surface area (Å²) in [6.45, 7) is 6.60. The van der Waals surface area contributed by atoms with Crippen LogP contribution in [0.25, 0.3) is 0 Å². The maximum Gasteiger partial charge on any atom is 0.272 e. The Kier molecular flexibility index (Phi) is 5.22. The molecule has 116 valence electrons. The predicted molar refractivity (Wildman–Crippen MR) is 86.7 cm³/mol. The van der Waals surface area contributed by atoms with Crippen LogP contribution in [0.5, 0.6) is 0 Å². The van der Waals surface area contributed by atoms with E-state index in [4.69, 9.17) is 0 Å². The lowest BCUT2D eigenvalue weighted by atomic mass is 10.0. The molecule has 0 bridgehead atoms. The van der Waals surface area contributed by atoms with Crippen molar-refractivity contribution in [3.8, 4) is 0 Å². The van der Waals surface area contributed by atoms with Gasteiger partial charge in [-0.15, -0.1) is 0 Å². The molecule has 22 heavy (non-hydrogen) atoms. The minimum absolute atomic E-state index is 0.164. The van der Waals surface area contributed by atoms with E-state index < -0.39 is 0 Å². The summed E-state index contributed by atoms with van der Waals surface area (Å²) >= 11 is 0. The summed E-state index contributed by atoms with van der Waals surface area (Å²) in [7, 11) is 0. The fourth-order valence-corrected chi connectivity index (χ4v) is 2.59. The maximum absolute atomic E-state index is 11.0. The summed E-state index contributed by atoms with van der Waals surface area (Å²) in [5.41, 5.74) is 4.29. The number of aryl methyl sites for hydroxylation is 1. The summed E-state index contributed by atoms with van der Waals surface area (Å²) in [4.78, 5) is 14.8. The van der Waals surface area contributed by atoms with Crippen molar-refractivity contribution in [1.82, 2.24) is 10.3 Å². The summed E-state index contributed by atoms with van der Waals surface area (Å²) in [5, 5.41) is 14.4. The largest absolute Gasteiger partial charge is 0.306 e. The van der Waals surface area contributed by atoms with Crippen molar-refractivity contribution in [2.24, 2.45) is 0 Å². The Morgan fingerprint density at radius 1 is 1.32 bits per heavy atom. The first-order chi connectivity index (χ1) is 10.5. The zero-order valence-electron chi connectivity index (χ0n) is 13.2. The van der Waals surface area contributed by atoms with Gasteiger partial charge in [0.25, 0.3) is 5.69 Å². The Hall–Kier alpha value is -2.27. The second-order valence-corrected chi connectivity index (χ2v) is 5.35. The molecule has 1 aromatic heterocycles. The summed E-state index contributed by atoms with van der Waals surface area (Å²) in [6, 6.07) is 7.39. The van der Waals surface area contributed by atoms with Crippen LogP contribution in [0.4, 0.5) is 5.69 Å². The van der Waals surface area contributed by atoms with Crippen LogP contribution < -0.4 is 5.32 Å². The number of nitrogens with zero attached hydrogens (tertiary/aromatic N) is 2. The molecular formula is C17H21N3O2. The molecule has 2 rings (SSSR count). The third-order valence-electron chi connectivity index (χ3n) is 4.00. The van der Waals surface area contributed by atoms with E-state index in [-0.39, 0.29) is 16.7 Å². The number of rotatable bonds is 6. The zero-order valence-corrected chi connectivity index (χ0v) is 13.2. The van der Waals surface area contributed by atoms with Gasteiger partial charge in [-0.25, -0.2) is 0 Å². The van der Waals surface area contributed by atoms with Gasteiger partial charge in [-0.3, -0.25) is 15.1 Å². The van der Waals surface area contributed by atoms with Gasteiger partial charge >= 0.3 is 0 Å². The SMILES string of the molecule is CCc1cnccc1[C@H](C)NCc1cccc([N+](=O)[O-])c1C. The molecule has 1 N–H and O–H groups in total. The van der Waals surface area contributed by atoms with Crippen molar-refractivity contribution in [1.29, 1.82) is 0 Å². The van der Waals surface area contributed by atoms with Gasteiger partial charge in [0.2, 0.25) is 0 Å². The highest BCUT2D eigenvalue weighted by Crippen LogP contribution is 2.22. The average molecular weight is 299 g/mol. The molecule has 0 saturated carbocycles. The van der Waals surface area contributed by atoms with E-state index in [2.05, 4.69) is 24.1 Å². The van der Waals surface area contributed by atoms with Gasteiger partial charge in [0.05, 0.1) is 4.92 Å². The molecule has 5 heteroatoms. The Morgan fingerprint density at radius 2 is 2.09 bits per heavy atom. The Bertz CT molecular complexity index is 671. The van der Waals surface area contributed by atoms with Crippen LogP contribution in [0.15, 0.2) is 36.7 Å². The Morgan fingerprint density at radius 3 is 2.77 bits per heavy atom. The molecule has 0 spiro atoms. The van der Waals surface area contributed by atoms with Crippen molar-refractivity contribution in [2.75, 3.05) is 0 Å². The van der Waals surface area contributed by atoms with Crippen molar-refractivity contribution in [3.63, 3.8) is 0 Å². The van der Waals surface area contributed by atoms with Crippen LogP contribution in [0.2, 0.25) is 0 Å². The van der Waals surface area contributed by atoms with Crippen LogP contribution in [0, 0.1) is 17.0 Å². The molecule has 0 amide bonds. The monoisotopic (exact) mass is 299 g/mol. The lowest BCUT2D eigenvalue weighted by molar-refractivity contribution is -0.385. The normalized spacial score (nSPS) is 12.1. The van der Waals surface area contributed by atoms with Crippen LogP contribution in [0.3, 0.4) is 0 Å². The molecule has 0 unspecified atom stereocenters. The number of nitro groups is 1. The first-order valence-corrected chi connectivity index (χ1v) is 7.43. The van der Waals surface area contributed by atoms with Gasteiger partial charge in [0.1, 0.15) is 0 Å². The molecule has 5 nitrogen and oxygen atoms in total. The van der Waals surface area contributed by atoms with Crippen LogP contribution >= 0.6 is 0 Å². The molecule has 0 saturated heterocycles. The average Bonchev–Trinajstić information content (AvgIpc) is 2.53. The lowest BCUT2D eigenvalue weighted by Gasteiger charge is -2.18. The summed E-state index contributed by atoms with van der Waals surface area (Å²) in [6.07, 6.45) is 4.63. The quantitative estimate of drug-likeness (QED) is 0.652. The number of pyridine rings is 1. The summed E-state index contributed by atoms with van der Waals surface area (Å²) < 4.78 is 0. The first-order valence-electron chi connectivity index (χ1n) is 7.43. The van der Waals surface area contributed by atoms with E-state index in [1.54, 1.807) is 25.3 Å². The van der Waals surface area contributed by atoms with E-state index in [0.29, 0.717) is 6.54 Å². The topological polar surface area (TPSA) is 68.1 Å². The van der Waals surface area contributed by atoms with Crippen molar-refractivity contribution >= 4 is 5.69 Å². The number of hydrogen-bond acceptors (Lipinski definition) is 4. The first kappa shape index (κ1) is 16.1. The van der Waals surface area contributed by atoms with Gasteiger partial charge in [0.15, 0.2) is 0 Å². The number of aromatic nitrogens is 1. The van der Waals surface area contributed by atoms with Crippen LogP contribution in [0.1, 0.15) is 42.1 Å². The highest BCUT2D eigenvalue weighted by molar-refractivity contribution is 5.44. The van der Waals surface area contributed by atoms with E-state index >= 15 is 0 Å². The van der Waals surface area contributed by atoms with Crippen molar-refractivity contribution in [2.45, 2.75) is 39.8 Å². The minimum atomic E-state index is -0.333. The van der Waals surface area contributed by atoms with Crippen LogP contribution in [-0.4, -0.2) is 9.91 Å². The smallest absolute Gasteiger partial charge is 0.272 e. The van der Waals surface area contributed by atoms with E-state index in [0.717, 1.165) is 17.5 Å². The fourth-order valence-electron chi connectivity index (χ4n) is 2.59. The highest BCUT2D eigenvalue weighted by Gasteiger charge is 2.14. The number of nitrogens with one attached hydrogen (secondary N) is 1. The molecule has 0 aliphatic rings. The predicted octanol–water partition coefficient (Wildman–Crippen LogP) is 3.71. The van der Waals surface area contributed by atoms with Crippen LogP contribution in [-0.2, 0) is 13.0 Å². The molecule has 1 heterocycles. The minimum Gasteiger partial charge on any atom is -0.306 e. The number of hydrogen-bond donors (Lipinski definition) is 1. The Balaban J connectivity index is 2.13. The third kappa shape index (κ3) is 3.49. The molecule has 0 radical (unpaired) electrons. The van der Waals surface area contributed by atoms with E-state index in [1.807, 2.05) is 18.3 Å². The van der Waals surface area contributed by atoms with E-state index in [1.165, 1.54) is 11.1 Å². The molecule has 1 aromatic carbocycles. The fraction of sp³-hybridized carbons (Fsp3) is 0.353. The molecule has 0 aliphatic carbocycles. The second-order valence-electron chi connectivity index (χ2n) is 5.35. The Labute approximate surface area is 130 Å². The van der Waals surface area contributed by atoms with Crippen molar-refractivity contribution < 1.29 is 4.92 Å². The van der Waals surface area contributed by atoms with Gasteiger partial charge in [-0.1, -0.05) is 19.1 Å². The van der Waals surface area contributed by atoms with E-state index in [9.17, 15) is 10.1 Å². The molecule has 2 aromatic rings. The number of nitro benzene ring substituents is 1. The number of benzene rings is 1. The van der Waals surface area contributed by atoms with Crippen molar-refractivity contribution in [3.05, 3.63) is 69.0 Å². The highest BCUT2D eigenvalue weighted by atomic mass is 16.6. The zero-order chi connectivity index (χ0) is 16.1. The molecule has 0 fully saturated rings. The third-order valence-corrected chi connectivity index (χ3v) is 4.00. The molecule has 1 atom stereocenters. The van der Waals surface area contributed by atoms with Gasteiger partial charge in [0, 0.05) is 36.6 Å². The standard InChI is InChI=1S/C17H21N3O2/c1-4-14-10-18-9-8-16(14)13(3)19-11-15-6-5-7-17(12(15)2)20(21)22/h5-10,13,19H,4,11H2,1-3H3/t13-/m0/s1. The molecular weight excluding hydrogens is 278 g/mol. The molecule has 0 aliphatic heterocycles. The van der Waals surface area contributed by atoms with Gasteiger partial charge < -0.3 is 5.32 Å². The lowest BCUT2D eigenvalue weighted by Crippen LogP contribution is -2.20. The maximum atomic E-state index is 11.0. The van der Waals surface area contributed by atoms with Gasteiger partial charge in [-0.2, -0.15) is 0 Å². The second kappa shape index (κ2) is 7.13. The summed E-state index contributed by atoms with van der Waals surface area (Å²) in [5.74, 6) is 0.